The van der Waals surface area contributed by atoms with E-state index in [1.54, 1.807) is 0 Å². The van der Waals surface area contributed by atoms with Crippen LogP contribution >= 0.6 is 23.4 Å². The van der Waals surface area contributed by atoms with Crippen LogP contribution in [-0.2, 0) is 6.42 Å². The zero-order valence-corrected chi connectivity index (χ0v) is 13.7. The molecule has 0 aliphatic heterocycles. The van der Waals surface area contributed by atoms with Gasteiger partial charge in [0.2, 0.25) is 0 Å². The van der Waals surface area contributed by atoms with Gasteiger partial charge in [-0.15, -0.1) is 11.6 Å². The Morgan fingerprint density at radius 3 is 2.95 bits per heavy atom. The Morgan fingerprint density at radius 2 is 2.25 bits per heavy atom. The number of hydrogen-bond donors (Lipinski definition) is 0. The predicted molar refractivity (Wildman–Crippen MR) is 89.1 cm³/mol. The summed E-state index contributed by atoms with van der Waals surface area (Å²) in [5.41, 5.74) is 3.70. The average Bonchev–Trinajstić information content (AvgIpc) is 3.02. The third-order valence-electron chi connectivity index (χ3n) is 4.29. The van der Waals surface area contributed by atoms with Crippen LogP contribution < -0.4 is 0 Å². The third-order valence-corrected chi connectivity index (χ3v) is 5.58. The zero-order chi connectivity index (χ0) is 14.1. The van der Waals surface area contributed by atoms with Crippen molar-refractivity contribution in [1.29, 1.82) is 0 Å². The van der Waals surface area contributed by atoms with E-state index >= 15 is 0 Å². The number of fused-ring (bicyclic) bond motifs is 1. The number of alkyl halides is 1. The summed E-state index contributed by atoms with van der Waals surface area (Å²) in [6, 6.07) is 7.15. The first-order valence-electron chi connectivity index (χ1n) is 7.29. The van der Waals surface area contributed by atoms with E-state index in [0.717, 1.165) is 23.0 Å². The molecule has 0 amide bonds. The molecule has 1 aromatic heterocycles. The van der Waals surface area contributed by atoms with Gasteiger partial charge >= 0.3 is 0 Å². The van der Waals surface area contributed by atoms with Crippen molar-refractivity contribution in [2.45, 2.75) is 43.9 Å². The summed E-state index contributed by atoms with van der Waals surface area (Å²) in [6.45, 7) is 2.15. The lowest BCUT2D eigenvalue weighted by molar-refractivity contribution is 0.514. The molecule has 1 aromatic carbocycles. The van der Waals surface area contributed by atoms with Crippen molar-refractivity contribution in [2.24, 2.45) is 0 Å². The van der Waals surface area contributed by atoms with Crippen molar-refractivity contribution in [2.75, 3.05) is 12.1 Å². The summed E-state index contributed by atoms with van der Waals surface area (Å²) in [6.07, 6.45) is 6.92. The van der Waals surface area contributed by atoms with Crippen molar-refractivity contribution < 1.29 is 0 Å². The second kappa shape index (κ2) is 5.98. The van der Waals surface area contributed by atoms with Crippen LogP contribution in [-0.4, -0.2) is 26.9 Å². The minimum Gasteiger partial charge on any atom is -0.325 e. The maximum atomic E-state index is 5.97. The molecule has 1 fully saturated rings. The molecule has 1 heterocycles. The smallest absolute Gasteiger partial charge is 0.111 e. The van der Waals surface area contributed by atoms with Gasteiger partial charge in [0.15, 0.2) is 0 Å². The summed E-state index contributed by atoms with van der Waals surface area (Å²) in [4.78, 5) is 4.81. The van der Waals surface area contributed by atoms with Crippen LogP contribution in [0.25, 0.3) is 11.0 Å². The summed E-state index contributed by atoms with van der Waals surface area (Å²) in [7, 11) is 0. The van der Waals surface area contributed by atoms with E-state index in [9.17, 15) is 0 Å². The fourth-order valence-electron chi connectivity index (χ4n) is 3.29. The molecular formula is C16H21ClN2S. The molecule has 4 heteroatoms. The fraction of sp³-hybridized carbons (Fsp3) is 0.562. The lowest BCUT2D eigenvalue weighted by atomic mass is 10.2. The molecular weight excluding hydrogens is 288 g/mol. The van der Waals surface area contributed by atoms with Crippen LogP contribution in [0.4, 0.5) is 0 Å². The van der Waals surface area contributed by atoms with Gasteiger partial charge in [-0.05, 0) is 50.1 Å². The molecule has 108 valence electrons. The van der Waals surface area contributed by atoms with Crippen molar-refractivity contribution in [1.82, 2.24) is 9.55 Å². The van der Waals surface area contributed by atoms with Gasteiger partial charge in [0.05, 0.1) is 11.0 Å². The number of thioether (sulfide) groups is 1. The largest absolute Gasteiger partial charge is 0.325 e. The van der Waals surface area contributed by atoms with E-state index < -0.39 is 0 Å². The molecule has 1 aliphatic rings. The Bertz CT molecular complexity index is 608. The van der Waals surface area contributed by atoms with Gasteiger partial charge in [0.1, 0.15) is 5.82 Å². The standard InChI is InChI=1S/C16H21ClN2S/c1-11-3-6-14-15(9-11)19(16(18-14)7-8-17)12-4-5-13(10-12)20-2/h3,6,9,12-13H,4-5,7-8,10H2,1-2H3. The van der Waals surface area contributed by atoms with E-state index in [0.29, 0.717) is 11.9 Å². The molecule has 0 radical (unpaired) electrons. The lowest BCUT2D eigenvalue weighted by Gasteiger charge is -2.17. The first-order chi connectivity index (χ1) is 9.72. The van der Waals surface area contributed by atoms with Gasteiger partial charge in [-0.3, -0.25) is 0 Å². The zero-order valence-electron chi connectivity index (χ0n) is 12.1. The Morgan fingerprint density at radius 1 is 1.40 bits per heavy atom. The maximum absolute atomic E-state index is 5.97. The van der Waals surface area contributed by atoms with Crippen LogP contribution in [0.15, 0.2) is 18.2 Å². The number of imidazole rings is 1. The van der Waals surface area contributed by atoms with E-state index in [-0.39, 0.29) is 0 Å². The minimum absolute atomic E-state index is 0.595. The molecule has 2 aromatic rings. The molecule has 2 atom stereocenters. The first kappa shape index (κ1) is 14.3. The maximum Gasteiger partial charge on any atom is 0.111 e. The van der Waals surface area contributed by atoms with E-state index in [2.05, 4.69) is 35.9 Å². The lowest BCUT2D eigenvalue weighted by Crippen LogP contribution is -2.11. The number of rotatable bonds is 4. The van der Waals surface area contributed by atoms with Crippen LogP contribution in [0.3, 0.4) is 0 Å². The quantitative estimate of drug-likeness (QED) is 0.769. The van der Waals surface area contributed by atoms with Gasteiger partial charge in [-0.25, -0.2) is 4.98 Å². The van der Waals surface area contributed by atoms with Gasteiger partial charge in [-0.1, -0.05) is 6.07 Å². The summed E-state index contributed by atoms with van der Waals surface area (Å²) >= 11 is 7.97. The highest BCUT2D eigenvalue weighted by molar-refractivity contribution is 7.99. The highest BCUT2D eigenvalue weighted by Crippen LogP contribution is 2.38. The Kier molecular flexibility index (Phi) is 4.27. The summed E-state index contributed by atoms with van der Waals surface area (Å²) in [5.74, 6) is 1.80. The molecule has 3 rings (SSSR count). The predicted octanol–water partition coefficient (Wildman–Crippen LogP) is 4.58. The average molecular weight is 309 g/mol. The van der Waals surface area contributed by atoms with Crippen molar-refractivity contribution in [3.05, 3.63) is 29.6 Å². The van der Waals surface area contributed by atoms with Gasteiger partial charge in [0, 0.05) is 23.6 Å². The minimum atomic E-state index is 0.595. The van der Waals surface area contributed by atoms with E-state index in [1.165, 1.54) is 30.3 Å². The van der Waals surface area contributed by atoms with Crippen molar-refractivity contribution in [3.8, 4) is 0 Å². The monoisotopic (exact) mass is 308 g/mol. The van der Waals surface area contributed by atoms with Gasteiger partial charge in [0.25, 0.3) is 0 Å². The van der Waals surface area contributed by atoms with Crippen LogP contribution in [0.5, 0.6) is 0 Å². The summed E-state index contributed by atoms with van der Waals surface area (Å²) < 4.78 is 2.47. The number of benzene rings is 1. The molecule has 1 aliphatic carbocycles. The number of aryl methyl sites for hydroxylation is 2. The Hall–Kier alpha value is -0.670. The SMILES string of the molecule is CSC1CCC(n2c(CCCl)nc3ccc(C)cc32)C1. The number of halogens is 1. The highest BCUT2D eigenvalue weighted by atomic mass is 35.5. The highest BCUT2D eigenvalue weighted by Gasteiger charge is 2.28. The molecule has 2 unspecified atom stereocenters. The number of nitrogens with zero attached hydrogens (tertiary/aromatic N) is 2. The second-order valence-electron chi connectivity index (χ2n) is 5.65. The van der Waals surface area contributed by atoms with Crippen LogP contribution in [0.1, 0.15) is 36.7 Å². The Balaban J connectivity index is 2.06. The molecule has 0 bridgehead atoms. The normalized spacial score (nSPS) is 22.8. The van der Waals surface area contributed by atoms with Gasteiger partial charge < -0.3 is 4.57 Å². The topological polar surface area (TPSA) is 17.8 Å². The van der Waals surface area contributed by atoms with Crippen molar-refractivity contribution in [3.63, 3.8) is 0 Å². The van der Waals surface area contributed by atoms with Crippen LogP contribution in [0.2, 0.25) is 0 Å². The molecule has 0 N–H and O–H groups in total. The molecule has 0 spiro atoms. The van der Waals surface area contributed by atoms with Crippen molar-refractivity contribution >= 4 is 34.4 Å². The fourth-order valence-corrected chi connectivity index (χ4v) is 4.24. The third kappa shape index (κ3) is 2.58. The molecule has 1 saturated carbocycles. The van der Waals surface area contributed by atoms with E-state index in [1.807, 2.05) is 11.8 Å². The molecule has 2 nitrogen and oxygen atoms in total. The first-order valence-corrected chi connectivity index (χ1v) is 9.11. The van der Waals surface area contributed by atoms with Gasteiger partial charge in [-0.2, -0.15) is 11.8 Å². The number of hydrogen-bond acceptors (Lipinski definition) is 2. The summed E-state index contributed by atoms with van der Waals surface area (Å²) in [5, 5.41) is 0.797. The van der Waals surface area contributed by atoms with Crippen LogP contribution in [0, 0.1) is 6.92 Å². The van der Waals surface area contributed by atoms with E-state index in [4.69, 9.17) is 16.6 Å². The number of aromatic nitrogens is 2. The second-order valence-corrected chi connectivity index (χ2v) is 7.17. The molecule has 0 saturated heterocycles. The Labute approximate surface area is 129 Å². The molecule has 20 heavy (non-hydrogen) atoms.